The molecule has 2 atom stereocenters. The molecule has 6 heteroatoms. The Labute approximate surface area is 129 Å². The molecule has 1 aliphatic heterocycles. The first-order chi connectivity index (χ1) is 10.2. The first-order valence-electron chi connectivity index (χ1n) is 7.22. The van der Waals surface area contributed by atoms with Crippen LogP contribution in [-0.2, 0) is 4.74 Å². The molecule has 0 N–H and O–H groups in total. The SMILES string of the molecule is C=C(F)/C(CN1CC(C)CC(C(F)(F)F)C1)=C(\C=C/C)OC. The van der Waals surface area contributed by atoms with Crippen LogP contribution >= 0.6 is 0 Å². The Hall–Kier alpha value is -1.30. The summed E-state index contributed by atoms with van der Waals surface area (Å²) in [7, 11) is 1.40. The Kier molecular flexibility index (Phi) is 6.66. The Morgan fingerprint density at radius 1 is 1.36 bits per heavy atom. The zero-order chi connectivity index (χ0) is 16.9. The van der Waals surface area contributed by atoms with Crippen LogP contribution in [0.2, 0.25) is 0 Å². The molecule has 0 aromatic heterocycles. The maximum Gasteiger partial charge on any atom is 0.393 e. The van der Waals surface area contributed by atoms with Crippen molar-refractivity contribution in [2.24, 2.45) is 11.8 Å². The highest BCUT2D eigenvalue weighted by Crippen LogP contribution is 2.35. The maximum atomic E-state index is 13.7. The number of methoxy groups -OCH3 is 1. The van der Waals surface area contributed by atoms with Crippen molar-refractivity contribution in [1.82, 2.24) is 4.90 Å². The van der Waals surface area contributed by atoms with Gasteiger partial charge >= 0.3 is 6.18 Å². The molecule has 126 valence electrons. The van der Waals surface area contributed by atoms with Gasteiger partial charge in [-0.2, -0.15) is 13.2 Å². The fraction of sp³-hybridized carbons (Fsp3) is 0.625. The largest absolute Gasteiger partial charge is 0.496 e. The molecule has 0 aromatic carbocycles. The van der Waals surface area contributed by atoms with E-state index in [2.05, 4.69) is 6.58 Å². The van der Waals surface area contributed by atoms with Crippen molar-refractivity contribution in [3.8, 4) is 0 Å². The molecule has 0 bridgehead atoms. The summed E-state index contributed by atoms with van der Waals surface area (Å²) in [6, 6.07) is 0. The molecule has 1 fully saturated rings. The lowest BCUT2D eigenvalue weighted by Gasteiger charge is -2.37. The minimum Gasteiger partial charge on any atom is -0.496 e. The third-order valence-electron chi connectivity index (χ3n) is 3.74. The number of alkyl halides is 3. The van der Waals surface area contributed by atoms with Crippen molar-refractivity contribution in [3.63, 3.8) is 0 Å². The third-order valence-corrected chi connectivity index (χ3v) is 3.74. The van der Waals surface area contributed by atoms with E-state index in [1.54, 1.807) is 30.9 Å². The summed E-state index contributed by atoms with van der Waals surface area (Å²) < 4.78 is 57.7. The summed E-state index contributed by atoms with van der Waals surface area (Å²) in [5.41, 5.74) is 0.190. The van der Waals surface area contributed by atoms with Crippen LogP contribution in [0, 0.1) is 11.8 Å². The van der Waals surface area contributed by atoms with E-state index in [0.29, 0.717) is 6.54 Å². The first kappa shape index (κ1) is 18.7. The van der Waals surface area contributed by atoms with Gasteiger partial charge in [0.05, 0.1) is 13.0 Å². The van der Waals surface area contributed by atoms with E-state index >= 15 is 0 Å². The number of ether oxygens (including phenoxy) is 1. The van der Waals surface area contributed by atoms with E-state index < -0.39 is 17.9 Å². The van der Waals surface area contributed by atoms with Gasteiger partial charge in [-0.05, 0) is 25.3 Å². The molecule has 2 nitrogen and oxygen atoms in total. The number of rotatable bonds is 5. The molecule has 1 rings (SSSR count). The van der Waals surface area contributed by atoms with Gasteiger partial charge in [-0.3, -0.25) is 4.90 Å². The highest BCUT2D eigenvalue weighted by Gasteiger charge is 2.43. The van der Waals surface area contributed by atoms with Crippen LogP contribution in [0.3, 0.4) is 0 Å². The van der Waals surface area contributed by atoms with Gasteiger partial charge in [-0.25, -0.2) is 4.39 Å². The molecular weight excluding hydrogens is 298 g/mol. The predicted molar refractivity (Wildman–Crippen MR) is 78.9 cm³/mol. The van der Waals surface area contributed by atoms with E-state index in [1.807, 2.05) is 0 Å². The Balaban J connectivity index is 2.96. The van der Waals surface area contributed by atoms with Crippen LogP contribution in [-0.4, -0.2) is 37.8 Å². The molecule has 0 amide bonds. The summed E-state index contributed by atoms with van der Waals surface area (Å²) >= 11 is 0. The summed E-state index contributed by atoms with van der Waals surface area (Å²) in [5.74, 6) is -1.87. The van der Waals surface area contributed by atoms with Gasteiger partial charge in [-0.15, -0.1) is 0 Å². The van der Waals surface area contributed by atoms with Crippen molar-refractivity contribution in [2.75, 3.05) is 26.7 Å². The number of halogens is 4. The molecule has 0 radical (unpaired) electrons. The number of hydrogen-bond acceptors (Lipinski definition) is 2. The van der Waals surface area contributed by atoms with Crippen LogP contribution in [0.15, 0.2) is 35.9 Å². The Morgan fingerprint density at radius 3 is 2.45 bits per heavy atom. The van der Waals surface area contributed by atoms with Gasteiger partial charge in [0.25, 0.3) is 0 Å². The monoisotopic (exact) mass is 321 g/mol. The first-order valence-corrected chi connectivity index (χ1v) is 7.22. The van der Waals surface area contributed by atoms with Crippen molar-refractivity contribution in [2.45, 2.75) is 26.4 Å². The molecule has 0 spiro atoms. The zero-order valence-corrected chi connectivity index (χ0v) is 13.2. The maximum absolute atomic E-state index is 13.7. The normalized spacial score (nSPS) is 25.2. The molecule has 1 saturated heterocycles. The highest BCUT2D eigenvalue weighted by atomic mass is 19.4. The lowest BCUT2D eigenvalue weighted by molar-refractivity contribution is -0.190. The smallest absolute Gasteiger partial charge is 0.393 e. The van der Waals surface area contributed by atoms with E-state index in [0.717, 1.165) is 0 Å². The molecule has 0 saturated carbocycles. The van der Waals surface area contributed by atoms with Gasteiger partial charge in [0.2, 0.25) is 0 Å². The number of piperidine rings is 1. The fourth-order valence-corrected chi connectivity index (χ4v) is 2.79. The van der Waals surface area contributed by atoms with Crippen LogP contribution < -0.4 is 0 Å². The van der Waals surface area contributed by atoms with E-state index in [1.165, 1.54) is 7.11 Å². The van der Waals surface area contributed by atoms with Crippen molar-refractivity contribution in [1.29, 1.82) is 0 Å². The molecule has 0 aliphatic carbocycles. The van der Waals surface area contributed by atoms with Crippen LogP contribution in [0.4, 0.5) is 17.6 Å². The average Bonchev–Trinajstić information content (AvgIpc) is 2.40. The lowest BCUT2D eigenvalue weighted by Crippen LogP contribution is -2.45. The molecule has 1 heterocycles. The van der Waals surface area contributed by atoms with Crippen molar-refractivity contribution in [3.05, 3.63) is 35.9 Å². The van der Waals surface area contributed by atoms with Crippen LogP contribution in [0.5, 0.6) is 0 Å². The lowest BCUT2D eigenvalue weighted by atomic mass is 9.89. The molecule has 22 heavy (non-hydrogen) atoms. The quantitative estimate of drug-likeness (QED) is 0.421. The summed E-state index contributed by atoms with van der Waals surface area (Å²) in [4.78, 5) is 1.62. The summed E-state index contributed by atoms with van der Waals surface area (Å²) in [6.45, 7) is 7.23. The third kappa shape index (κ3) is 5.16. The number of hydrogen-bond donors (Lipinski definition) is 0. The molecule has 2 unspecified atom stereocenters. The second-order valence-electron chi connectivity index (χ2n) is 5.73. The van der Waals surface area contributed by atoms with Gasteiger partial charge in [-0.1, -0.05) is 19.6 Å². The van der Waals surface area contributed by atoms with E-state index in [9.17, 15) is 17.6 Å². The highest BCUT2D eigenvalue weighted by molar-refractivity contribution is 5.33. The minimum atomic E-state index is -4.23. The topological polar surface area (TPSA) is 12.5 Å². The van der Waals surface area contributed by atoms with E-state index in [-0.39, 0.29) is 36.8 Å². The predicted octanol–water partition coefficient (Wildman–Crippen LogP) is 4.47. The second kappa shape index (κ2) is 7.81. The standard InChI is InChI=1S/C16H23F4NO/c1-5-6-15(22-4)14(12(3)17)10-21-8-11(2)7-13(9-21)16(18,19)20/h5-6,11,13H,3,7-10H2,1-2,4H3/b6-5-,15-14+. The van der Waals surface area contributed by atoms with Crippen LogP contribution in [0.1, 0.15) is 20.3 Å². The van der Waals surface area contributed by atoms with Crippen molar-refractivity contribution < 1.29 is 22.3 Å². The number of likely N-dealkylation sites (tertiary alicyclic amines) is 1. The van der Waals surface area contributed by atoms with Gasteiger partial charge in [0.15, 0.2) is 0 Å². The fourth-order valence-electron chi connectivity index (χ4n) is 2.79. The Morgan fingerprint density at radius 2 is 2.00 bits per heavy atom. The Bertz CT molecular complexity index is 454. The number of allylic oxidation sites excluding steroid dienone is 2. The average molecular weight is 321 g/mol. The molecule has 1 aliphatic rings. The number of nitrogens with zero attached hydrogens (tertiary/aromatic N) is 1. The molecule has 0 aromatic rings. The second-order valence-corrected chi connectivity index (χ2v) is 5.73. The van der Waals surface area contributed by atoms with Crippen molar-refractivity contribution >= 4 is 0 Å². The van der Waals surface area contributed by atoms with Gasteiger partial charge in [0.1, 0.15) is 11.6 Å². The minimum absolute atomic E-state index is 0.0553. The van der Waals surface area contributed by atoms with Crippen LogP contribution in [0.25, 0.3) is 0 Å². The summed E-state index contributed by atoms with van der Waals surface area (Å²) in [6.07, 6.45) is -0.855. The summed E-state index contributed by atoms with van der Waals surface area (Å²) in [5, 5.41) is 0. The van der Waals surface area contributed by atoms with Gasteiger partial charge < -0.3 is 4.74 Å². The molecular formula is C16H23F4NO. The van der Waals surface area contributed by atoms with E-state index in [4.69, 9.17) is 4.74 Å². The van der Waals surface area contributed by atoms with Gasteiger partial charge in [0, 0.05) is 25.2 Å². The zero-order valence-electron chi connectivity index (χ0n) is 13.2.